The summed E-state index contributed by atoms with van der Waals surface area (Å²) in [6, 6.07) is 2.77. The molecule has 100 valence electrons. The number of carboxylic acids is 1. The number of hydrogen-bond acceptors (Lipinski definition) is 4. The van der Waals surface area contributed by atoms with Crippen LogP contribution in [0.5, 0.6) is 0 Å². The van der Waals surface area contributed by atoms with Gasteiger partial charge >= 0.3 is 5.97 Å². The second-order valence-electron chi connectivity index (χ2n) is 3.51. The van der Waals surface area contributed by atoms with E-state index in [2.05, 4.69) is 4.98 Å². The molecule has 1 aromatic heterocycles. The van der Waals surface area contributed by atoms with Crippen LogP contribution in [0.15, 0.2) is 28.5 Å². The molecular formula is C11H7F2NO3S2. The van der Waals surface area contributed by atoms with Gasteiger partial charge in [-0.3, -0.25) is 4.21 Å². The normalized spacial score (nSPS) is 12.3. The maximum absolute atomic E-state index is 13.4. The summed E-state index contributed by atoms with van der Waals surface area (Å²) in [5.41, 5.74) is 0.296. The lowest BCUT2D eigenvalue weighted by molar-refractivity contribution is 0.0696. The molecule has 2 aromatic rings. The van der Waals surface area contributed by atoms with E-state index in [0.717, 1.165) is 23.5 Å². The molecule has 0 aliphatic heterocycles. The van der Waals surface area contributed by atoms with Crippen molar-refractivity contribution < 1.29 is 22.9 Å². The third-order valence-corrected chi connectivity index (χ3v) is 4.41. The molecule has 0 aliphatic rings. The molecule has 1 atom stereocenters. The predicted molar refractivity (Wildman–Crippen MR) is 65.5 cm³/mol. The quantitative estimate of drug-likeness (QED) is 0.942. The zero-order valence-corrected chi connectivity index (χ0v) is 10.9. The van der Waals surface area contributed by atoms with Crippen molar-refractivity contribution in [1.82, 2.24) is 4.98 Å². The monoisotopic (exact) mass is 303 g/mol. The van der Waals surface area contributed by atoms with Gasteiger partial charge in [-0.15, -0.1) is 11.3 Å². The molecular weight excluding hydrogens is 296 g/mol. The van der Waals surface area contributed by atoms with Crippen LogP contribution in [0.4, 0.5) is 8.78 Å². The first-order valence-electron chi connectivity index (χ1n) is 4.98. The van der Waals surface area contributed by atoms with Crippen LogP contribution in [0.1, 0.15) is 15.5 Å². The molecule has 2 rings (SSSR count). The van der Waals surface area contributed by atoms with Crippen molar-refractivity contribution in [3.8, 4) is 0 Å². The fourth-order valence-corrected chi connectivity index (χ4v) is 3.17. The van der Waals surface area contributed by atoms with Gasteiger partial charge in [-0.25, -0.2) is 18.6 Å². The highest BCUT2D eigenvalue weighted by atomic mass is 32.2. The van der Waals surface area contributed by atoms with Gasteiger partial charge in [0.15, 0.2) is 0 Å². The highest BCUT2D eigenvalue weighted by Crippen LogP contribution is 2.18. The molecule has 0 amide bonds. The number of aromatic carboxylic acids is 1. The van der Waals surface area contributed by atoms with E-state index in [4.69, 9.17) is 5.11 Å². The molecule has 0 spiro atoms. The molecule has 1 heterocycles. The number of carboxylic acid groups (broad SMARTS) is 1. The first-order chi connectivity index (χ1) is 8.97. The van der Waals surface area contributed by atoms with E-state index in [-0.39, 0.29) is 15.7 Å². The summed E-state index contributed by atoms with van der Waals surface area (Å²) in [6.07, 6.45) is 0. The highest BCUT2D eigenvalue weighted by Gasteiger charge is 2.15. The fraction of sp³-hybridized carbons (Fsp3) is 0.0909. The lowest BCUT2D eigenvalue weighted by Gasteiger charge is -2.02. The third-order valence-electron chi connectivity index (χ3n) is 2.15. The number of rotatable bonds is 4. The summed E-state index contributed by atoms with van der Waals surface area (Å²) in [7, 11) is -1.74. The Kier molecular flexibility index (Phi) is 4.01. The van der Waals surface area contributed by atoms with Gasteiger partial charge in [0.05, 0.1) is 27.1 Å². The van der Waals surface area contributed by atoms with Crippen molar-refractivity contribution in [2.45, 2.75) is 10.6 Å². The Hall–Kier alpha value is -1.67. The molecule has 0 radical (unpaired) electrons. The minimum absolute atomic E-state index is 0.119. The summed E-state index contributed by atoms with van der Waals surface area (Å²) in [4.78, 5) is 14.3. The highest BCUT2D eigenvalue weighted by molar-refractivity contribution is 7.84. The van der Waals surface area contributed by atoms with Crippen LogP contribution in [0.25, 0.3) is 0 Å². The molecule has 0 saturated heterocycles. The van der Waals surface area contributed by atoms with Gasteiger partial charge in [-0.05, 0) is 12.1 Å². The van der Waals surface area contributed by atoms with E-state index in [9.17, 15) is 17.8 Å². The number of nitrogens with zero attached hydrogens (tertiary/aromatic N) is 1. The van der Waals surface area contributed by atoms with Crippen molar-refractivity contribution in [2.75, 3.05) is 0 Å². The average Bonchev–Trinajstić information content (AvgIpc) is 2.77. The van der Waals surface area contributed by atoms with E-state index in [1.165, 1.54) is 5.38 Å². The molecule has 0 fully saturated rings. The molecule has 0 bridgehead atoms. The zero-order valence-electron chi connectivity index (χ0n) is 9.30. The van der Waals surface area contributed by atoms with Gasteiger partial charge in [0.2, 0.25) is 5.01 Å². The van der Waals surface area contributed by atoms with Crippen LogP contribution in [0.3, 0.4) is 0 Å². The standard InChI is InChI=1S/C11H7F2NO3S2/c12-6-1-2-9(8(13)3-6)19(17)5-7-4-18-10(14-7)11(15)16/h1-4H,5H2,(H,15,16). The number of aromatic nitrogens is 1. The van der Waals surface area contributed by atoms with Gasteiger partial charge in [-0.2, -0.15) is 0 Å². The lowest BCUT2D eigenvalue weighted by Crippen LogP contribution is -2.01. The number of hydrogen-bond donors (Lipinski definition) is 1. The Morgan fingerprint density at radius 3 is 2.74 bits per heavy atom. The van der Waals surface area contributed by atoms with Crippen molar-refractivity contribution in [3.05, 3.63) is 45.9 Å². The second kappa shape index (κ2) is 5.54. The summed E-state index contributed by atoms with van der Waals surface area (Å²) >= 11 is 0.903. The van der Waals surface area contributed by atoms with E-state index in [1.807, 2.05) is 0 Å². The first-order valence-corrected chi connectivity index (χ1v) is 7.18. The first kappa shape index (κ1) is 13.8. The van der Waals surface area contributed by atoms with Crippen LogP contribution in [0, 0.1) is 11.6 Å². The van der Waals surface area contributed by atoms with Crippen molar-refractivity contribution in [1.29, 1.82) is 0 Å². The van der Waals surface area contributed by atoms with Crippen LogP contribution >= 0.6 is 11.3 Å². The summed E-state index contributed by atoms with van der Waals surface area (Å²) in [5.74, 6) is -2.94. The van der Waals surface area contributed by atoms with Gasteiger partial charge in [0.1, 0.15) is 11.6 Å². The Bertz CT molecular complexity index is 657. The second-order valence-corrected chi connectivity index (χ2v) is 5.79. The van der Waals surface area contributed by atoms with E-state index >= 15 is 0 Å². The topological polar surface area (TPSA) is 67.3 Å². The van der Waals surface area contributed by atoms with Gasteiger partial charge in [0.25, 0.3) is 0 Å². The number of thiazole rings is 1. The summed E-state index contributed by atoms with van der Waals surface area (Å²) in [6.45, 7) is 0. The molecule has 4 nitrogen and oxygen atoms in total. The van der Waals surface area contributed by atoms with Crippen LogP contribution < -0.4 is 0 Å². The predicted octanol–water partition coefficient (Wildman–Crippen LogP) is 2.43. The maximum Gasteiger partial charge on any atom is 0.365 e. The minimum Gasteiger partial charge on any atom is -0.476 e. The molecule has 1 aromatic carbocycles. The Labute approximate surface area is 113 Å². The third kappa shape index (κ3) is 3.21. The van der Waals surface area contributed by atoms with E-state index < -0.39 is 28.4 Å². The lowest BCUT2D eigenvalue weighted by atomic mass is 10.3. The Morgan fingerprint density at radius 2 is 2.16 bits per heavy atom. The molecule has 1 N–H and O–H groups in total. The zero-order chi connectivity index (χ0) is 14.0. The summed E-state index contributed by atoms with van der Waals surface area (Å²) in [5, 5.41) is 10.0. The van der Waals surface area contributed by atoms with Gasteiger partial charge < -0.3 is 5.11 Å². The Balaban J connectivity index is 2.18. The van der Waals surface area contributed by atoms with Crippen LogP contribution in [0.2, 0.25) is 0 Å². The van der Waals surface area contributed by atoms with E-state index in [1.54, 1.807) is 0 Å². The molecule has 0 saturated carbocycles. The average molecular weight is 303 g/mol. The minimum atomic E-state index is -1.74. The fourth-order valence-electron chi connectivity index (χ4n) is 1.34. The SMILES string of the molecule is O=C(O)c1nc(CS(=O)c2ccc(F)cc2F)cs1. The van der Waals surface area contributed by atoms with E-state index in [0.29, 0.717) is 11.8 Å². The Morgan fingerprint density at radius 1 is 1.42 bits per heavy atom. The van der Waals surface area contributed by atoms with Crippen LogP contribution in [-0.2, 0) is 16.6 Å². The number of halogens is 2. The maximum atomic E-state index is 13.4. The van der Waals surface area contributed by atoms with Gasteiger partial charge in [0, 0.05) is 11.4 Å². The number of carbonyl (C=O) groups is 1. The van der Waals surface area contributed by atoms with Gasteiger partial charge in [-0.1, -0.05) is 0 Å². The summed E-state index contributed by atoms with van der Waals surface area (Å²) < 4.78 is 38.0. The van der Waals surface area contributed by atoms with Crippen LogP contribution in [-0.4, -0.2) is 20.3 Å². The molecule has 1 unspecified atom stereocenters. The van der Waals surface area contributed by atoms with Crippen molar-refractivity contribution in [2.24, 2.45) is 0 Å². The molecule has 0 aliphatic carbocycles. The molecule has 8 heteroatoms. The smallest absolute Gasteiger partial charge is 0.365 e. The largest absolute Gasteiger partial charge is 0.476 e. The molecule has 19 heavy (non-hydrogen) atoms. The van der Waals surface area contributed by atoms with Crippen molar-refractivity contribution >= 4 is 28.1 Å². The van der Waals surface area contributed by atoms with Crippen molar-refractivity contribution in [3.63, 3.8) is 0 Å². The number of benzene rings is 1.